The second-order valence-electron chi connectivity index (χ2n) is 4.78. The van der Waals surface area contributed by atoms with Crippen LogP contribution in [0, 0.1) is 0 Å². The number of benzene rings is 1. The highest BCUT2D eigenvalue weighted by atomic mass is 32.3. The van der Waals surface area contributed by atoms with Gasteiger partial charge in [-0.05, 0) is 17.7 Å². The maximum Gasteiger partial charge on any atom is 0.217 e. The molecule has 23 heavy (non-hydrogen) atoms. The molecular formula is C15H21N3O4S. The van der Waals surface area contributed by atoms with Gasteiger partial charge in [-0.15, -0.1) is 0 Å². The summed E-state index contributed by atoms with van der Waals surface area (Å²) < 4.78 is 33.1. The third-order valence-electron chi connectivity index (χ3n) is 2.77. The Kier molecular flexibility index (Phi) is 7.63. The molecule has 0 radical (unpaired) electrons. The lowest BCUT2D eigenvalue weighted by atomic mass is 10.2. The Labute approximate surface area is 137 Å². The Morgan fingerprint density at radius 3 is 2.17 bits per heavy atom. The summed E-state index contributed by atoms with van der Waals surface area (Å²) in [5.74, 6) is 0. The molecule has 0 amide bonds. The predicted molar refractivity (Wildman–Crippen MR) is 85.9 cm³/mol. The van der Waals surface area contributed by atoms with Crippen LogP contribution in [0.4, 0.5) is 5.69 Å². The van der Waals surface area contributed by atoms with E-state index in [0.717, 1.165) is 19.3 Å². The minimum absolute atomic E-state index is 0.808. The number of aryl methyl sites for hydroxylation is 1. The largest absolute Gasteiger partial charge is 0.726 e. The van der Waals surface area contributed by atoms with Crippen LogP contribution >= 0.6 is 0 Å². The summed E-state index contributed by atoms with van der Waals surface area (Å²) in [5.41, 5.74) is 5.73. The van der Waals surface area contributed by atoms with Crippen LogP contribution in [0.5, 0.6) is 0 Å². The van der Waals surface area contributed by atoms with Crippen LogP contribution in [0.1, 0.15) is 5.56 Å². The van der Waals surface area contributed by atoms with Crippen LogP contribution in [0.2, 0.25) is 0 Å². The van der Waals surface area contributed by atoms with Crippen molar-refractivity contribution >= 4 is 16.1 Å². The summed E-state index contributed by atoms with van der Waals surface area (Å²) in [7, 11) is 0.461. The van der Waals surface area contributed by atoms with Crippen LogP contribution in [0.3, 0.4) is 0 Å². The number of hydrogen-bond donors (Lipinski definition) is 1. The molecule has 7 nitrogen and oxygen atoms in total. The molecule has 1 N–H and O–H groups in total. The second kappa shape index (κ2) is 9.21. The minimum Gasteiger partial charge on any atom is -0.726 e. The van der Waals surface area contributed by atoms with E-state index in [1.54, 1.807) is 0 Å². The molecule has 0 unspecified atom stereocenters. The first-order valence-corrected chi connectivity index (χ1v) is 8.12. The molecule has 2 aromatic rings. The van der Waals surface area contributed by atoms with Crippen LogP contribution in [0.25, 0.3) is 0 Å². The third kappa shape index (κ3) is 8.89. The van der Waals surface area contributed by atoms with E-state index in [-0.39, 0.29) is 0 Å². The molecular weight excluding hydrogens is 318 g/mol. The molecule has 0 atom stereocenters. The summed E-state index contributed by atoms with van der Waals surface area (Å²) in [4.78, 5) is 0. The number of aromatic nitrogens is 1. The van der Waals surface area contributed by atoms with Crippen molar-refractivity contribution in [1.29, 1.82) is 0 Å². The number of hydrazine groups is 1. The van der Waals surface area contributed by atoms with Gasteiger partial charge in [-0.2, -0.15) is 0 Å². The lowest BCUT2D eigenvalue weighted by molar-refractivity contribution is -0.671. The number of pyridine rings is 1. The number of hydrogen-bond acceptors (Lipinski definition) is 6. The van der Waals surface area contributed by atoms with Gasteiger partial charge in [0.1, 0.15) is 7.05 Å². The highest BCUT2D eigenvalue weighted by molar-refractivity contribution is 7.80. The van der Waals surface area contributed by atoms with Crippen molar-refractivity contribution in [1.82, 2.24) is 5.01 Å². The topological polar surface area (TPSA) is 85.6 Å². The standard InChI is InChI=1S/C14H18N3.CH4O4S/c1-16-10-8-13(9-11-16)12-17(2)15-14-6-4-3-5-7-14;1-5-6(2,3)4/h3-11,15H,12H2,1-2H3;1H3,(H,2,3,4)/q+1;/p-1. The van der Waals surface area contributed by atoms with E-state index in [0.29, 0.717) is 0 Å². The molecule has 0 aliphatic heterocycles. The van der Waals surface area contributed by atoms with Crippen molar-refractivity contribution in [3.63, 3.8) is 0 Å². The van der Waals surface area contributed by atoms with Gasteiger partial charge in [0.05, 0.1) is 7.11 Å². The third-order valence-corrected chi connectivity index (χ3v) is 3.17. The summed E-state index contributed by atoms with van der Waals surface area (Å²) in [6.45, 7) is 0.871. The van der Waals surface area contributed by atoms with Crippen LogP contribution < -0.4 is 9.99 Å². The second-order valence-corrected chi connectivity index (χ2v) is 5.93. The van der Waals surface area contributed by atoms with Crippen molar-refractivity contribution in [3.8, 4) is 0 Å². The number of rotatable bonds is 5. The SMILES string of the molecule is CN(Cc1cc[n+](C)cc1)Nc1ccccc1.COS(=O)(=O)[O-]. The molecule has 0 bridgehead atoms. The molecule has 2 rings (SSSR count). The van der Waals surface area contributed by atoms with Gasteiger partial charge in [0.2, 0.25) is 10.4 Å². The van der Waals surface area contributed by atoms with Gasteiger partial charge < -0.3 is 9.98 Å². The zero-order chi connectivity index (χ0) is 17.3. The zero-order valence-electron chi connectivity index (χ0n) is 13.3. The van der Waals surface area contributed by atoms with Crippen molar-refractivity contribution in [2.45, 2.75) is 6.54 Å². The lowest BCUT2D eigenvalue weighted by Gasteiger charge is -2.18. The summed E-state index contributed by atoms with van der Waals surface area (Å²) >= 11 is 0. The van der Waals surface area contributed by atoms with Crippen molar-refractivity contribution in [2.75, 3.05) is 19.6 Å². The van der Waals surface area contributed by atoms with Gasteiger partial charge in [-0.3, -0.25) is 4.18 Å². The van der Waals surface area contributed by atoms with E-state index < -0.39 is 10.4 Å². The maximum absolute atomic E-state index is 9.22. The van der Waals surface area contributed by atoms with E-state index in [4.69, 9.17) is 0 Å². The smallest absolute Gasteiger partial charge is 0.217 e. The average Bonchev–Trinajstić information content (AvgIpc) is 2.50. The molecule has 0 aliphatic carbocycles. The van der Waals surface area contributed by atoms with E-state index in [1.807, 2.05) is 36.9 Å². The van der Waals surface area contributed by atoms with Gasteiger partial charge >= 0.3 is 0 Å². The Bertz CT molecular complexity index is 676. The first kappa shape index (κ1) is 19.0. The van der Waals surface area contributed by atoms with Gasteiger partial charge in [0.15, 0.2) is 12.4 Å². The predicted octanol–water partition coefficient (Wildman–Crippen LogP) is 1.06. The molecule has 0 fully saturated rings. The number of anilines is 1. The Hall–Kier alpha value is -2.00. The summed E-state index contributed by atoms with van der Waals surface area (Å²) in [6.07, 6.45) is 4.12. The summed E-state index contributed by atoms with van der Waals surface area (Å²) in [6, 6.07) is 14.4. The zero-order valence-corrected chi connectivity index (χ0v) is 14.2. The number of para-hydroxylation sites is 1. The molecule has 0 saturated heterocycles. The van der Waals surface area contributed by atoms with Crippen LogP contribution in [-0.2, 0) is 28.2 Å². The fourth-order valence-electron chi connectivity index (χ4n) is 1.68. The van der Waals surface area contributed by atoms with Crippen LogP contribution in [-0.4, -0.2) is 32.1 Å². The first-order chi connectivity index (χ1) is 10.8. The van der Waals surface area contributed by atoms with E-state index in [9.17, 15) is 13.0 Å². The lowest BCUT2D eigenvalue weighted by Crippen LogP contribution is -2.28. The van der Waals surface area contributed by atoms with Gasteiger partial charge in [0.25, 0.3) is 0 Å². The Balaban J connectivity index is 0.000000379. The quantitative estimate of drug-likeness (QED) is 0.379. The molecule has 1 heterocycles. The minimum atomic E-state index is -4.41. The summed E-state index contributed by atoms with van der Waals surface area (Å²) in [5, 5.41) is 2.07. The monoisotopic (exact) mass is 339 g/mol. The van der Waals surface area contributed by atoms with Crippen molar-refractivity contribution in [2.24, 2.45) is 7.05 Å². The van der Waals surface area contributed by atoms with Gasteiger partial charge in [-0.1, -0.05) is 18.2 Å². The molecule has 8 heteroatoms. The molecule has 0 spiro atoms. The average molecular weight is 339 g/mol. The van der Waals surface area contributed by atoms with Crippen molar-refractivity contribution < 1.29 is 21.7 Å². The Morgan fingerprint density at radius 1 is 1.17 bits per heavy atom. The van der Waals surface area contributed by atoms with Gasteiger partial charge in [-0.25, -0.2) is 18.0 Å². The van der Waals surface area contributed by atoms with E-state index >= 15 is 0 Å². The molecule has 126 valence electrons. The molecule has 1 aromatic heterocycles. The fourth-order valence-corrected chi connectivity index (χ4v) is 1.68. The van der Waals surface area contributed by atoms with Crippen molar-refractivity contribution in [3.05, 3.63) is 60.4 Å². The fraction of sp³-hybridized carbons (Fsp3) is 0.267. The normalized spacial score (nSPS) is 10.8. The highest BCUT2D eigenvalue weighted by Gasteiger charge is 2.01. The first-order valence-electron chi connectivity index (χ1n) is 6.78. The van der Waals surface area contributed by atoms with Crippen LogP contribution in [0.15, 0.2) is 54.9 Å². The number of nitrogens with zero attached hydrogens (tertiary/aromatic N) is 2. The maximum atomic E-state index is 9.22. The van der Waals surface area contributed by atoms with Gasteiger partial charge in [0, 0.05) is 31.4 Å². The van der Waals surface area contributed by atoms with E-state index in [1.165, 1.54) is 5.56 Å². The number of nitrogens with one attached hydrogen (secondary N) is 1. The molecule has 1 aromatic carbocycles. The molecule has 0 aliphatic rings. The highest BCUT2D eigenvalue weighted by Crippen LogP contribution is 2.07. The van der Waals surface area contributed by atoms with E-state index in [2.05, 4.69) is 51.3 Å². The Morgan fingerprint density at radius 2 is 1.70 bits per heavy atom. The molecule has 0 saturated carbocycles.